The molecule has 0 aliphatic rings. The number of nitrogens with two attached hydrogens (primary N) is 1. The van der Waals surface area contributed by atoms with E-state index in [4.69, 9.17) is 5.73 Å². The zero-order valence-electron chi connectivity index (χ0n) is 12.4. The molecule has 0 atom stereocenters. The van der Waals surface area contributed by atoms with E-state index in [1.807, 2.05) is 43.7 Å². The maximum Gasteiger partial charge on any atom is 0.189 e. The van der Waals surface area contributed by atoms with Crippen molar-refractivity contribution in [1.82, 2.24) is 19.9 Å². The van der Waals surface area contributed by atoms with Crippen LogP contribution in [0.3, 0.4) is 0 Å². The molecule has 114 valence electrons. The van der Waals surface area contributed by atoms with Crippen molar-refractivity contribution in [3.8, 4) is 5.82 Å². The molecule has 0 fully saturated rings. The van der Waals surface area contributed by atoms with Gasteiger partial charge in [-0.2, -0.15) is 0 Å². The Morgan fingerprint density at radius 2 is 2.14 bits per heavy atom. The second kappa shape index (κ2) is 7.39. The molecule has 0 aromatic carbocycles. The lowest BCUT2D eigenvalue weighted by atomic mass is 10.1. The number of nitrogens with one attached hydrogen (secondary N) is 1. The smallest absolute Gasteiger partial charge is 0.189 e. The van der Waals surface area contributed by atoms with E-state index in [1.54, 1.807) is 18.7 Å². The number of pyridine rings is 1. The fourth-order valence-electron chi connectivity index (χ4n) is 1.76. The van der Waals surface area contributed by atoms with Gasteiger partial charge in [0.1, 0.15) is 12.1 Å². The van der Waals surface area contributed by atoms with Gasteiger partial charge in [-0.05, 0) is 26.8 Å². The van der Waals surface area contributed by atoms with Gasteiger partial charge in [0.25, 0.3) is 0 Å². The minimum atomic E-state index is -0.101. The number of aliphatic imine (C=N–C) groups is 1. The quantitative estimate of drug-likeness (QED) is 0.470. The summed E-state index contributed by atoms with van der Waals surface area (Å²) in [4.78, 5) is 12.8. The highest BCUT2D eigenvalue weighted by atomic mass is 127. The van der Waals surface area contributed by atoms with Crippen LogP contribution in [-0.4, -0.2) is 26.0 Å². The molecule has 2 rings (SSSR count). The monoisotopic (exact) mass is 400 g/mol. The molecule has 0 radical (unpaired) electrons. The van der Waals surface area contributed by atoms with Crippen molar-refractivity contribution < 1.29 is 0 Å². The van der Waals surface area contributed by atoms with Crippen LogP contribution in [0.4, 0.5) is 0 Å². The van der Waals surface area contributed by atoms with Gasteiger partial charge in [0.05, 0.1) is 6.54 Å². The summed E-state index contributed by atoms with van der Waals surface area (Å²) in [5, 5.41) is 3.13. The second-order valence-electron chi connectivity index (χ2n) is 5.53. The number of nitrogens with zero attached hydrogens (tertiary/aromatic N) is 4. The maximum atomic E-state index is 5.88. The second-order valence-corrected chi connectivity index (χ2v) is 5.53. The number of aromatic nitrogens is 3. The molecule has 0 aliphatic heterocycles. The lowest BCUT2D eigenvalue weighted by molar-refractivity contribution is 0.508. The fourth-order valence-corrected chi connectivity index (χ4v) is 1.76. The molecule has 0 spiro atoms. The van der Waals surface area contributed by atoms with E-state index in [9.17, 15) is 0 Å². The average molecular weight is 400 g/mol. The zero-order chi connectivity index (χ0) is 14.6. The van der Waals surface area contributed by atoms with E-state index < -0.39 is 0 Å². The van der Waals surface area contributed by atoms with Crippen molar-refractivity contribution in [3.05, 3.63) is 42.6 Å². The SMILES string of the molecule is CC(C)(C)NC(N)=NCc1cccnc1-n1ccnc1.I. The van der Waals surface area contributed by atoms with E-state index in [-0.39, 0.29) is 29.5 Å². The van der Waals surface area contributed by atoms with E-state index in [1.165, 1.54) is 0 Å². The Morgan fingerprint density at radius 1 is 1.38 bits per heavy atom. The van der Waals surface area contributed by atoms with Crippen molar-refractivity contribution in [2.24, 2.45) is 10.7 Å². The molecule has 0 amide bonds. The van der Waals surface area contributed by atoms with Gasteiger partial charge in [0.15, 0.2) is 5.96 Å². The third kappa shape index (κ3) is 5.33. The van der Waals surface area contributed by atoms with E-state index in [0.717, 1.165) is 11.4 Å². The number of imidazole rings is 1. The summed E-state index contributed by atoms with van der Waals surface area (Å²) in [6.07, 6.45) is 7.04. The molecular weight excluding hydrogens is 379 g/mol. The number of guanidine groups is 1. The fraction of sp³-hybridized carbons (Fsp3) is 0.357. The lowest BCUT2D eigenvalue weighted by Crippen LogP contribution is -2.45. The summed E-state index contributed by atoms with van der Waals surface area (Å²) in [7, 11) is 0. The Labute approximate surface area is 141 Å². The topological polar surface area (TPSA) is 81.1 Å². The molecule has 2 aromatic heterocycles. The van der Waals surface area contributed by atoms with Crippen LogP contribution >= 0.6 is 24.0 Å². The Kier molecular flexibility index (Phi) is 6.13. The van der Waals surface area contributed by atoms with Crippen LogP contribution in [0.1, 0.15) is 26.3 Å². The van der Waals surface area contributed by atoms with Gasteiger partial charge in [0, 0.05) is 29.7 Å². The summed E-state index contributed by atoms with van der Waals surface area (Å²) in [6.45, 7) is 6.58. The third-order valence-corrected chi connectivity index (χ3v) is 2.54. The molecule has 2 heterocycles. The van der Waals surface area contributed by atoms with Crippen LogP contribution in [0.2, 0.25) is 0 Å². The van der Waals surface area contributed by atoms with Crippen LogP contribution < -0.4 is 11.1 Å². The van der Waals surface area contributed by atoms with Gasteiger partial charge < -0.3 is 11.1 Å². The molecule has 2 aromatic rings. The number of hydrogen-bond acceptors (Lipinski definition) is 3. The predicted molar refractivity (Wildman–Crippen MR) is 95.0 cm³/mol. The number of halogens is 1. The van der Waals surface area contributed by atoms with Crippen LogP contribution in [0.5, 0.6) is 0 Å². The van der Waals surface area contributed by atoms with Gasteiger partial charge in [0.2, 0.25) is 0 Å². The zero-order valence-corrected chi connectivity index (χ0v) is 14.8. The third-order valence-electron chi connectivity index (χ3n) is 2.54. The van der Waals surface area contributed by atoms with Crippen molar-refractivity contribution in [2.75, 3.05) is 0 Å². The number of hydrogen-bond donors (Lipinski definition) is 2. The summed E-state index contributed by atoms with van der Waals surface area (Å²) < 4.78 is 1.86. The highest BCUT2D eigenvalue weighted by Crippen LogP contribution is 2.12. The van der Waals surface area contributed by atoms with E-state index in [2.05, 4.69) is 20.3 Å². The van der Waals surface area contributed by atoms with Crippen LogP contribution in [0.15, 0.2) is 42.0 Å². The van der Waals surface area contributed by atoms with Crippen molar-refractivity contribution in [2.45, 2.75) is 32.9 Å². The molecule has 3 N–H and O–H groups in total. The Bertz CT molecular complexity index is 586. The first-order valence-electron chi connectivity index (χ1n) is 6.46. The van der Waals surface area contributed by atoms with Crippen LogP contribution in [0, 0.1) is 0 Å². The predicted octanol–water partition coefficient (Wildman–Crippen LogP) is 2.09. The molecule has 0 saturated heterocycles. The van der Waals surface area contributed by atoms with Gasteiger partial charge in [-0.3, -0.25) is 4.57 Å². The summed E-state index contributed by atoms with van der Waals surface area (Å²) >= 11 is 0. The van der Waals surface area contributed by atoms with Gasteiger partial charge >= 0.3 is 0 Å². The Morgan fingerprint density at radius 3 is 2.76 bits per heavy atom. The average Bonchev–Trinajstić information content (AvgIpc) is 2.88. The number of rotatable bonds is 3. The Hall–Kier alpha value is -1.64. The van der Waals surface area contributed by atoms with Crippen LogP contribution in [0.25, 0.3) is 5.82 Å². The summed E-state index contributed by atoms with van der Waals surface area (Å²) in [5.74, 6) is 1.25. The first-order valence-corrected chi connectivity index (χ1v) is 6.46. The summed E-state index contributed by atoms with van der Waals surface area (Å²) in [5.41, 5.74) is 6.76. The van der Waals surface area contributed by atoms with Gasteiger partial charge in [-0.1, -0.05) is 6.07 Å². The molecule has 0 aliphatic carbocycles. The first kappa shape index (κ1) is 17.4. The Balaban J connectivity index is 0.00000220. The molecule has 21 heavy (non-hydrogen) atoms. The molecular formula is C14H21IN6. The first-order chi connectivity index (χ1) is 9.46. The van der Waals surface area contributed by atoms with Crippen LogP contribution in [-0.2, 0) is 6.54 Å². The molecule has 0 unspecified atom stereocenters. The normalized spacial score (nSPS) is 11.9. The maximum absolute atomic E-state index is 5.88. The summed E-state index contributed by atoms with van der Waals surface area (Å²) in [6, 6.07) is 3.87. The minimum absolute atomic E-state index is 0. The molecule has 0 saturated carbocycles. The molecule has 7 heteroatoms. The standard InChI is InChI=1S/C14H20N6.HI/c1-14(2,3)19-13(15)18-9-11-5-4-6-17-12(11)20-8-7-16-10-20;/h4-8,10H,9H2,1-3H3,(H3,15,18,19);1H. The van der Waals surface area contributed by atoms with Crippen molar-refractivity contribution in [1.29, 1.82) is 0 Å². The lowest BCUT2D eigenvalue weighted by Gasteiger charge is -2.21. The molecule has 6 nitrogen and oxygen atoms in total. The van der Waals surface area contributed by atoms with Gasteiger partial charge in [-0.25, -0.2) is 15.0 Å². The largest absolute Gasteiger partial charge is 0.370 e. The van der Waals surface area contributed by atoms with Crippen molar-refractivity contribution >= 4 is 29.9 Å². The highest BCUT2D eigenvalue weighted by molar-refractivity contribution is 14.0. The van der Waals surface area contributed by atoms with E-state index >= 15 is 0 Å². The molecule has 0 bridgehead atoms. The van der Waals surface area contributed by atoms with E-state index in [0.29, 0.717) is 12.5 Å². The van der Waals surface area contributed by atoms with Gasteiger partial charge in [-0.15, -0.1) is 24.0 Å². The van der Waals surface area contributed by atoms with Crippen molar-refractivity contribution in [3.63, 3.8) is 0 Å². The highest BCUT2D eigenvalue weighted by Gasteiger charge is 2.10. The minimum Gasteiger partial charge on any atom is -0.370 e.